The minimum atomic E-state index is -0.676. The van der Waals surface area contributed by atoms with Gasteiger partial charge in [0.15, 0.2) is 0 Å². The zero-order valence-corrected chi connectivity index (χ0v) is 15.3. The number of para-hydroxylation sites is 1. The van der Waals surface area contributed by atoms with Crippen molar-refractivity contribution in [3.8, 4) is 11.1 Å². The van der Waals surface area contributed by atoms with Crippen LogP contribution in [0.2, 0.25) is 5.02 Å². The van der Waals surface area contributed by atoms with Crippen LogP contribution in [0.5, 0.6) is 0 Å². The molecule has 0 saturated heterocycles. The Morgan fingerprint density at radius 3 is 2.70 bits per heavy atom. The highest BCUT2D eigenvalue weighted by molar-refractivity contribution is 6.30. The zero-order chi connectivity index (χ0) is 19.0. The number of nitrogens with one attached hydrogen (secondary N) is 2. The van der Waals surface area contributed by atoms with Gasteiger partial charge < -0.3 is 10.6 Å². The Kier molecular flexibility index (Phi) is 4.41. The van der Waals surface area contributed by atoms with E-state index < -0.39 is 6.04 Å². The lowest BCUT2D eigenvalue weighted by atomic mass is 10.1. The van der Waals surface area contributed by atoms with Crippen LogP contribution in [-0.4, -0.2) is 21.6 Å². The molecule has 1 aromatic heterocycles. The molecule has 27 heavy (non-hydrogen) atoms. The lowest BCUT2D eigenvalue weighted by Crippen LogP contribution is -2.23. The molecule has 136 valence electrons. The van der Waals surface area contributed by atoms with Crippen molar-refractivity contribution < 1.29 is 9.59 Å². The van der Waals surface area contributed by atoms with Crippen LogP contribution in [0.15, 0.2) is 54.7 Å². The number of amides is 2. The van der Waals surface area contributed by atoms with Gasteiger partial charge in [-0.2, -0.15) is 5.10 Å². The standard InChI is InChI=1S/C20H17ClN4O2/c1-12-4-2-3-5-16(12)23-18(26)10-17-20(27)24-19-15(11-22-25(17)19)13-6-8-14(21)9-7-13/h2-9,11,17H,10H2,1H3,(H,23,26)(H,24,27). The van der Waals surface area contributed by atoms with Crippen molar-refractivity contribution >= 4 is 34.9 Å². The van der Waals surface area contributed by atoms with Crippen molar-refractivity contribution in [3.63, 3.8) is 0 Å². The Bertz CT molecular complexity index is 1030. The molecule has 6 nitrogen and oxygen atoms in total. The van der Waals surface area contributed by atoms with Crippen molar-refractivity contribution in [3.05, 3.63) is 65.3 Å². The van der Waals surface area contributed by atoms with Crippen LogP contribution in [0.25, 0.3) is 11.1 Å². The molecule has 2 aromatic carbocycles. The van der Waals surface area contributed by atoms with E-state index in [1.807, 2.05) is 43.3 Å². The highest BCUT2D eigenvalue weighted by Gasteiger charge is 2.35. The molecule has 1 aliphatic rings. The van der Waals surface area contributed by atoms with E-state index in [0.29, 0.717) is 10.8 Å². The first-order chi connectivity index (χ1) is 13.0. The van der Waals surface area contributed by atoms with Crippen LogP contribution in [0.3, 0.4) is 0 Å². The summed E-state index contributed by atoms with van der Waals surface area (Å²) in [7, 11) is 0. The normalized spacial score (nSPS) is 15.3. The Morgan fingerprint density at radius 2 is 1.96 bits per heavy atom. The number of rotatable bonds is 4. The summed E-state index contributed by atoms with van der Waals surface area (Å²) in [6, 6.07) is 14.1. The van der Waals surface area contributed by atoms with Crippen molar-refractivity contribution in [2.45, 2.75) is 19.4 Å². The van der Waals surface area contributed by atoms with Crippen molar-refractivity contribution in [1.29, 1.82) is 0 Å². The summed E-state index contributed by atoms with van der Waals surface area (Å²) in [6.45, 7) is 1.92. The maximum absolute atomic E-state index is 12.4. The third-order valence-electron chi connectivity index (χ3n) is 4.59. The Labute approximate surface area is 161 Å². The molecule has 2 N–H and O–H groups in total. The van der Waals surface area contributed by atoms with E-state index in [9.17, 15) is 9.59 Å². The third kappa shape index (κ3) is 3.31. The summed E-state index contributed by atoms with van der Waals surface area (Å²) in [6.07, 6.45) is 1.69. The molecule has 0 saturated carbocycles. The molecular formula is C20H17ClN4O2. The lowest BCUT2D eigenvalue weighted by molar-refractivity contribution is -0.123. The molecule has 1 unspecified atom stereocenters. The summed E-state index contributed by atoms with van der Waals surface area (Å²) < 4.78 is 1.57. The molecule has 2 heterocycles. The van der Waals surface area contributed by atoms with Gasteiger partial charge in [0.25, 0.3) is 5.91 Å². The van der Waals surface area contributed by atoms with Gasteiger partial charge in [0, 0.05) is 16.3 Å². The number of fused-ring (bicyclic) bond motifs is 1. The maximum atomic E-state index is 12.4. The van der Waals surface area contributed by atoms with Crippen LogP contribution in [0, 0.1) is 6.92 Å². The van der Waals surface area contributed by atoms with Crippen LogP contribution in [0.4, 0.5) is 11.5 Å². The van der Waals surface area contributed by atoms with Gasteiger partial charge in [-0.1, -0.05) is 41.9 Å². The van der Waals surface area contributed by atoms with Gasteiger partial charge in [-0.3, -0.25) is 9.59 Å². The lowest BCUT2D eigenvalue weighted by Gasteiger charge is -2.11. The summed E-state index contributed by atoms with van der Waals surface area (Å²) in [4.78, 5) is 24.9. The molecule has 0 radical (unpaired) electrons. The second-order valence-electron chi connectivity index (χ2n) is 6.43. The van der Waals surface area contributed by atoms with Crippen LogP contribution < -0.4 is 10.6 Å². The number of aromatic nitrogens is 2. The minimum Gasteiger partial charge on any atom is -0.326 e. The Morgan fingerprint density at radius 1 is 1.22 bits per heavy atom. The molecule has 0 fully saturated rings. The molecule has 0 aliphatic carbocycles. The summed E-state index contributed by atoms with van der Waals surface area (Å²) >= 11 is 5.94. The monoisotopic (exact) mass is 380 g/mol. The Hall–Kier alpha value is -3.12. The number of carbonyl (C=O) groups excluding carboxylic acids is 2. The first-order valence-electron chi connectivity index (χ1n) is 8.53. The molecule has 0 spiro atoms. The minimum absolute atomic E-state index is 0.00883. The molecule has 2 amide bonds. The second kappa shape index (κ2) is 6.89. The van der Waals surface area contributed by atoms with E-state index in [1.165, 1.54) is 0 Å². The fourth-order valence-corrected chi connectivity index (χ4v) is 3.27. The first kappa shape index (κ1) is 17.3. The molecule has 4 rings (SSSR count). The average molecular weight is 381 g/mol. The van der Waals surface area contributed by atoms with Gasteiger partial charge >= 0.3 is 0 Å². The molecule has 7 heteroatoms. The van der Waals surface area contributed by atoms with E-state index in [-0.39, 0.29) is 18.2 Å². The van der Waals surface area contributed by atoms with E-state index in [1.54, 1.807) is 23.0 Å². The van der Waals surface area contributed by atoms with Crippen LogP contribution in [0.1, 0.15) is 18.0 Å². The number of hydrogen-bond donors (Lipinski definition) is 2. The highest BCUT2D eigenvalue weighted by Crippen LogP contribution is 2.36. The number of anilines is 2. The maximum Gasteiger partial charge on any atom is 0.251 e. The number of carbonyl (C=O) groups is 2. The predicted octanol–water partition coefficient (Wildman–Crippen LogP) is 4.03. The van der Waals surface area contributed by atoms with Gasteiger partial charge in [-0.15, -0.1) is 0 Å². The summed E-state index contributed by atoms with van der Waals surface area (Å²) in [5, 5.41) is 10.7. The van der Waals surface area contributed by atoms with E-state index in [2.05, 4.69) is 15.7 Å². The molecule has 1 aliphatic heterocycles. The van der Waals surface area contributed by atoms with E-state index >= 15 is 0 Å². The quantitative estimate of drug-likeness (QED) is 0.717. The van der Waals surface area contributed by atoms with Gasteiger partial charge in [0.1, 0.15) is 11.9 Å². The van der Waals surface area contributed by atoms with Gasteiger partial charge in [-0.05, 0) is 36.2 Å². The summed E-state index contributed by atoms with van der Waals surface area (Å²) in [5.41, 5.74) is 3.39. The average Bonchev–Trinajstić information content (AvgIpc) is 3.18. The summed E-state index contributed by atoms with van der Waals surface area (Å²) in [5.74, 6) is 0.116. The van der Waals surface area contributed by atoms with E-state index in [4.69, 9.17) is 11.6 Å². The molecular weight excluding hydrogens is 364 g/mol. The van der Waals surface area contributed by atoms with Gasteiger partial charge in [-0.25, -0.2) is 4.68 Å². The zero-order valence-electron chi connectivity index (χ0n) is 14.6. The molecule has 0 bridgehead atoms. The van der Waals surface area contributed by atoms with Crippen LogP contribution >= 0.6 is 11.6 Å². The topological polar surface area (TPSA) is 76.0 Å². The largest absolute Gasteiger partial charge is 0.326 e. The van der Waals surface area contributed by atoms with Gasteiger partial charge in [0.05, 0.1) is 12.6 Å². The number of aryl methyl sites for hydroxylation is 1. The number of benzene rings is 2. The molecule has 3 aromatic rings. The van der Waals surface area contributed by atoms with Gasteiger partial charge in [0.2, 0.25) is 5.91 Å². The van der Waals surface area contributed by atoms with E-state index in [0.717, 1.165) is 22.4 Å². The fourth-order valence-electron chi connectivity index (χ4n) is 3.14. The fraction of sp³-hybridized carbons (Fsp3) is 0.150. The second-order valence-corrected chi connectivity index (χ2v) is 6.87. The Balaban J connectivity index is 1.55. The van der Waals surface area contributed by atoms with Crippen molar-refractivity contribution in [1.82, 2.24) is 9.78 Å². The number of nitrogens with zero attached hydrogens (tertiary/aromatic N) is 2. The number of halogens is 1. The van der Waals surface area contributed by atoms with Crippen LogP contribution in [-0.2, 0) is 9.59 Å². The predicted molar refractivity (Wildman–Crippen MR) is 105 cm³/mol. The smallest absolute Gasteiger partial charge is 0.251 e. The number of hydrogen-bond acceptors (Lipinski definition) is 3. The first-order valence-corrected chi connectivity index (χ1v) is 8.90. The molecule has 1 atom stereocenters. The third-order valence-corrected chi connectivity index (χ3v) is 4.84. The highest BCUT2D eigenvalue weighted by atomic mass is 35.5. The van der Waals surface area contributed by atoms with Crippen molar-refractivity contribution in [2.75, 3.05) is 10.6 Å². The SMILES string of the molecule is Cc1ccccc1NC(=O)CC1C(=O)Nc2c(-c3ccc(Cl)cc3)cnn21. The van der Waals surface area contributed by atoms with Crippen molar-refractivity contribution in [2.24, 2.45) is 0 Å².